The topological polar surface area (TPSA) is 18.5 Å². The third-order valence-corrected chi connectivity index (χ3v) is 5.65. The summed E-state index contributed by atoms with van der Waals surface area (Å²) in [5.41, 5.74) is 0. The summed E-state index contributed by atoms with van der Waals surface area (Å²) in [5, 5.41) is 1.29. The second-order valence-corrected chi connectivity index (χ2v) is 7.45. The fourth-order valence-electron chi connectivity index (χ4n) is 1.22. The van der Waals surface area contributed by atoms with Gasteiger partial charge in [0.15, 0.2) is 0 Å². The zero-order valence-corrected chi connectivity index (χ0v) is 11.9. The van der Waals surface area contributed by atoms with E-state index in [0.717, 1.165) is 19.3 Å². The van der Waals surface area contributed by atoms with E-state index in [-0.39, 0.29) is 0 Å². The Kier molecular flexibility index (Phi) is 7.55. The van der Waals surface area contributed by atoms with Gasteiger partial charge in [-0.3, -0.25) is 0 Å². The Labute approximate surface area is 85.8 Å². The molecule has 0 spiro atoms. The van der Waals surface area contributed by atoms with E-state index < -0.39 is 8.56 Å². The molecule has 0 saturated heterocycles. The first kappa shape index (κ1) is 12.7. The predicted molar refractivity (Wildman–Crippen MR) is 57.6 cm³/mol. The molecule has 4 heteroatoms. The van der Waals surface area contributed by atoms with Gasteiger partial charge in [0.2, 0.25) is 0 Å². The minimum atomic E-state index is -1.76. The van der Waals surface area contributed by atoms with Crippen molar-refractivity contribution in [2.75, 3.05) is 13.2 Å². The zero-order valence-electron chi connectivity index (χ0n) is 8.43. The van der Waals surface area contributed by atoms with Gasteiger partial charge in [0.1, 0.15) is 0 Å². The van der Waals surface area contributed by atoms with E-state index in [0.29, 0.717) is 0 Å². The van der Waals surface area contributed by atoms with Crippen molar-refractivity contribution in [1.82, 2.24) is 0 Å². The molecule has 1 atom stereocenters. The Hall–Kier alpha value is 0.695. The summed E-state index contributed by atoms with van der Waals surface area (Å²) in [5.74, 6) is 0. The molecule has 0 fully saturated rings. The summed E-state index contributed by atoms with van der Waals surface area (Å²) in [4.78, 5) is 0. The monoisotopic (exact) mass is 252 g/mol. The fraction of sp³-hybridized carbons (Fsp3) is 1.00. The SMILES string of the molecule is CCO[Si](C)(CCC[AsH2])OCC. The van der Waals surface area contributed by atoms with Crippen LogP contribution in [0.5, 0.6) is 0 Å². The summed E-state index contributed by atoms with van der Waals surface area (Å²) >= 11 is 1.80. The summed E-state index contributed by atoms with van der Waals surface area (Å²) in [6, 6.07) is 1.15. The average molecular weight is 252 g/mol. The molecular formula is C8H21AsO2Si. The van der Waals surface area contributed by atoms with Gasteiger partial charge >= 0.3 is 85.5 Å². The van der Waals surface area contributed by atoms with Crippen LogP contribution in [0.3, 0.4) is 0 Å². The van der Waals surface area contributed by atoms with E-state index >= 15 is 0 Å². The number of hydrogen-bond donors (Lipinski definition) is 0. The van der Waals surface area contributed by atoms with Crippen LogP contribution in [0.15, 0.2) is 0 Å². The molecule has 0 aliphatic heterocycles. The van der Waals surface area contributed by atoms with Crippen LogP contribution in [0, 0.1) is 0 Å². The molecule has 0 heterocycles. The van der Waals surface area contributed by atoms with Crippen LogP contribution in [-0.2, 0) is 8.85 Å². The third kappa shape index (κ3) is 5.36. The van der Waals surface area contributed by atoms with E-state index in [9.17, 15) is 0 Å². The molecule has 0 aromatic heterocycles. The first-order valence-electron chi connectivity index (χ1n) is 4.66. The molecule has 12 heavy (non-hydrogen) atoms. The molecule has 0 N–H and O–H groups in total. The van der Waals surface area contributed by atoms with Gasteiger partial charge in [-0.2, -0.15) is 0 Å². The van der Waals surface area contributed by atoms with Crippen LogP contribution in [-0.4, -0.2) is 38.6 Å². The van der Waals surface area contributed by atoms with Gasteiger partial charge in [-0.15, -0.1) is 0 Å². The summed E-state index contributed by atoms with van der Waals surface area (Å²) in [7, 11) is -1.76. The van der Waals surface area contributed by atoms with E-state index in [2.05, 4.69) is 6.55 Å². The van der Waals surface area contributed by atoms with Crippen LogP contribution < -0.4 is 0 Å². The van der Waals surface area contributed by atoms with Crippen LogP contribution in [0.4, 0.5) is 0 Å². The van der Waals surface area contributed by atoms with Crippen LogP contribution >= 0.6 is 0 Å². The van der Waals surface area contributed by atoms with Crippen molar-refractivity contribution in [3.8, 4) is 0 Å². The molecule has 0 aliphatic carbocycles. The Bertz CT molecular complexity index is 105. The quantitative estimate of drug-likeness (QED) is 0.640. The Morgan fingerprint density at radius 2 is 1.67 bits per heavy atom. The molecule has 0 saturated carbocycles. The predicted octanol–water partition coefficient (Wildman–Crippen LogP) is 1.57. The first-order valence-corrected chi connectivity index (χ1v) is 8.90. The van der Waals surface area contributed by atoms with E-state index in [4.69, 9.17) is 8.85 Å². The van der Waals surface area contributed by atoms with Crippen molar-refractivity contribution in [3.63, 3.8) is 0 Å². The van der Waals surface area contributed by atoms with Crippen molar-refractivity contribution in [3.05, 3.63) is 0 Å². The van der Waals surface area contributed by atoms with Crippen molar-refractivity contribution in [2.24, 2.45) is 0 Å². The van der Waals surface area contributed by atoms with Crippen LogP contribution in [0.25, 0.3) is 0 Å². The summed E-state index contributed by atoms with van der Waals surface area (Å²) in [6.45, 7) is 7.83. The molecule has 74 valence electrons. The summed E-state index contributed by atoms with van der Waals surface area (Å²) in [6.07, 6.45) is 1.25. The van der Waals surface area contributed by atoms with Crippen LogP contribution in [0.1, 0.15) is 20.3 Å². The van der Waals surface area contributed by atoms with E-state index in [1.54, 1.807) is 16.9 Å². The molecule has 1 unspecified atom stereocenters. The molecule has 0 aliphatic rings. The molecule has 0 amide bonds. The Morgan fingerprint density at radius 1 is 1.17 bits per heavy atom. The van der Waals surface area contributed by atoms with Crippen molar-refractivity contribution >= 4 is 25.4 Å². The number of hydrogen-bond acceptors (Lipinski definition) is 2. The third-order valence-electron chi connectivity index (χ3n) is 1.73. The molecule has 0 radical (unpaired) electrons. The van der Waals surface area contributed by atoms with Gasteiger partial charge in [0, 0.05) is 0 Å². The van der Waals surface area contributed by atoms with Gasteiger partial charge in [-0.25, -0.2) is 0 Å². The van der Waals surface area contributed by atoms with Crippen molar-refractivity contribution in [2.45, 2.75) is 38.1 Å². The average Bonchev–Trinajstić information content (AvgIpc) is 2.02. The van der Waals surface area contributed by atoms with E-state index in [1.807, 2.05) is 13.8 Å². The first-order chi connectivity index (χ1) is 5.68. The van der Waals surface area contributed by atoms with E-state index in [1.165, 1.54) is 11.6 Å². The van der Waals surface area contributed by atoms with Crippen molar-refractivity contribution < 1.29 is 8.85 Å². The minimum absolute atomic E-state index is 0.789. The summed E-state index contributed by atoms with van der Waals surface area (Å²) < 4.78 is 11.4. The second-order valence-electron chi connectivity index (χ2n) is 2.89. The fourth-order valence-corrected chi connectivity index (χ4v) is 4.94. The molecule has 0 rings (SSSR count). The normalized spacial score (nSPS) is 12.0. The van der Waals surface area contributed by atoms with Gasteiger partial charge in [0.05, 0.1) is 0 Å². The number of rotatable bonds is 7. The molecule has 0 aromatic carbocycles. The molecule has 0 bridgehead atoms. The van der Waals surface area contributed by atoms with Gasteiger partial charge in [-0.1, -0.05) is 0 Å². The second kappa shape index (κ2) is 7.13. The standard InChI is InChI=1S/C8H21AsO2Si/c1-4-10-12(3,11-5-2)8-6-7-9/h4-9H2,1-3H3. The molecule has 2 nitrogen and oxygen atoms in total. The molecule has 0 aromatic rings. The molecular weight excluding hydrogens is 231 g/mol. The van der Waals surface area contributed by atoms with Gasteiger partial charge < -0.3 is 0 Å². The van der Waals surface area contributed by atoms with Crippen LogP contribution in [0.2, 0.25) is 17.8 Å². The Morgan fingerprint density at radius 3 is 2.00 bits per heavy atom. The van der Waals surface area contributed by atoms with Crippen molar-refractivity contribution in [1.29, 1.82) is 0 Å². The Balaban J connectivity index is 3.80. The van der Waals surface area contributed by atoms with Gasteiger partial charge in [-0.05, 0) is 0 Å². The zero-order chi connectivity index (χ0) is 9.45. The van der Waals surface area contributed by atoms with Gasteiger partial charge in [0.25, 0.3) is 0 Å². The maximum absolute atomic E-state index is 5.70. The maximum atomic E-state index is 5.70.